The molecule has 0 saturated heterocycles. The summed E-state index contributed by atoms with van der Waals surface area (Å²) in [6, 6.07) is 5.67. The van der Waals surface area contributed by atoms with Crippen molar-refractivity contribution in [1.82, 2.24) is 10.0 Å². The van der Waals surface area contributed by atoms with Gasteiger partial charge in [-0.25, -0.2) is 13.1 Å². The van der Waals surface area contributed by atoms with Gasteiger partial charge in [0.1, 0.15) is 0 Å². The minimum absolute atomic E-state index is 0.0414. The van der Waals surface area contributed by atoms with E-state index >= 15 is 0 Å². The summed E-state index contributed by atoms with van der Waals surface area (Å²) in [5.74, 6) is -0.811. The van der Waals surface area contributed by atoms with E-state index in [0.29, 0.717) is 12.1 Å². The summed E-state index contributed by atoms with van der Waals surface area (Å²) in [7, 11) is -3.87. The molecule has 2 amide bonds. The number of nitrogens with one attached hydrogen (secondary N) is 3. The number of hydrogen-bond donors (Lipinski definition) is 3. The average molecular weight is 400 g/mol. The lowest BCUT2D eigenvalue weighted by molar-refractivity contribution is -0.120. The largest absolute Gasteiger partial charge is 0.332 e. The van der Waals surface area contributed by atoms with Gasteiger partial charge in [0.15, 0.2) is 5.11 Å². The van der Waals surface area contributed by atoms with Gasteiger partial charge in [-0.1, -0.05) is 32.6 Å². The third-order valence-electron chi connectivity index (χ3n) is 3.46. The second-order valence-electron chi connectivity index (χ2n) is 5.85. The summed E-state index contributed by atoms with van der Waals surface area (Å²) < 4.78 is 25.6. The molecule has 26 heavy (non-hydrogen) atoms. The number of sulfonamides is 1. The van der Waals surface area contributed by atoms with E-state index in [1.807, 2.05) is 4.72 Å². The highest BCUT2D eigenvalue weighted by Gasteiger charge is 2.15. The van der Waals surface area contributed by atoms with Crippen LogP contribution in [0.15, 0.2) is 29.2 Å². The molecule has 9 heteroatoms. The molecule has 3 N–H and O–H groups in total. The average Bonchev–Trinajstić information content (AvgIpc) is 2.53. The molecule has 0 aliphatic carbocycles. The van der Waals surface area contributed by atoms with Gasteiger partial charge >= 0.3 is 0 Å². The first-order valence-corrected chi connectivity index (χ1v) is 10.4. The van der Waals surface area contributed by atoms with Crippen LogP contribution in [0.2, 0.25) is 0 Å². The van der Waals surface area contributed by atoms with E-state index in [0.717, 1.165) is 32.6 Å². The highest BCUT2D eigenvalue weighted by Crippen LogP contribution is 2.14. The van der Waals surface area contributed by atoms with Crippen molar-refractivity contribution in [2.75, 3.05) is 5.32 Å². The summed E-state index contributed by atoms with van der Waals surface area (Å²) in [4.78, 5) is 22.7. The fourth-order valence-corrected chi connectivity index (χ4v) is 3.43. The molecule has 0 fully saturated rings. The van der Waals surface area contributed by atoms with Crippen LogP contribution in [0, 0.1) is 0 Å². The molecule has 0 aliphatic heterocycles. The van der Waals surface area contributed by atoms with Gasteiger partial charge in [-0.3, -0.25) is 9.59 Å². The predicted molar refractivity (Wildman–Crippen MR) is 105 cm³/mol. The van der Waals surface area contributed by atoms with Crippen LogP contribution < -0.4 is 15.4 Å². The molecule has 0 heterocycles. The Morgan fingerprint density at radius 3 is 2.23 bits per heavy atom. The summed E-state index contributed by atoms with van der Waals surface area (Å²) in [6.07, 6.45) is 5.72. The lowest BCUT2D eigenvalue weighted by Gasteiger charge is -2.10. The van der Waals surface area contributed by atoms with Crippen molar-refractivity contribution >= 4 is 44.9 Å². The van der Waals surface area contributed by atoms with Gasteiger partial charge in [0, 0.05) is 19.0 Å². The number of hydrogen-bond acceptors (Lipinski definition) is 5. The molecule has 1 aromatic rings. The Kier molecular flexibility index (Phi) is 9.22. The Morgan fingerprint density at radius 2 is 1.65 bits per heavy atom. The minimum Gasteiger partial charge on any atom is -0.332 e. The standard InChI is InChI=1S/C17H25N3O4S2/c1-3-4-5-6-7-8-16(22)19-17(25)18-14-9-11-15(12-10-14)26(23,24)20-13(2)21/h9-12H,3-8H2,1-2H3,(H,20,21)(H2,18,19,22,25). The van der Waals surface area contributed by atoms with Crippen molar-refractivity contribution in [3.8, 4) is 0 Å². The molecular weight excluding hydrogens is 374 g/mol. The Labute approximate surface area is 160 Å². The Balaban J connectivity index is 2.47. The Bertz CT molecular complexity index is 731. The van der Waals surface area contributed by atoms with E-state index in [2.05, 4.69) is 17.6 Å². The van der Waals surface area contributed by atoms with Crippen molar-refractivity contribution in [3.05, 3.63) is 24.3 Å². The zero-order chi connectivity index (χ0) is 19.6. The molecule has 0 aliphatic rings. The molecule has 0 spiro atoms. The number of amides is 2. The zero-order valence-corrected chi connectivity index (χ0v) is 16.6. The first kappa shape index (κ1) is 22.0. The maximum Gasteiger partial charge on any atom is 0.264 e. The number of rotatable bonds is 9. The molecule has 0 atom stereocenters. The quantitative estimate of drug-likeness (QED) is 0.436. The summed E-state index contributed by atoms with van der Waals surface area (Å²) in [5, 5.41) is 5.57. The van der Waals surface area contributed by atoms with Crippen molar-refractivity contribution in [2.24, 2.45) is 0 Å². The number of anilines is 1. The first-order valence-electron chi connectivity index (χ1n) is 8.49. The van der Waals surface area contributed by atoms with Gasteiger partial charge in [0.05, 0.1) is 4.90 Å². The van der Waals surface area contributed by atoms with Crippen LogP contribution in [0.3, 0.4) is 0 Å². The molecule has 0 aromatic heterocycles. The first-order chi connectivity index (χ1) is 12.2. The highest BCUT2D eigenvalue weighted by molar-refractivity contribution is 7.90. The highest BCUT2D eigenvalue weighted by atomic mass is 32.2. The Morgan fingerprint density at radius 1 is 1.04 bits per heavy atom. The zero-order valence-electron chi connectivity index (χ0n) is 15.0. The van der Waals surface area contributed by atoms with Gasteiger partial charge in [-0.2, -0.15) is 0 Å². The minimum atomic E-state index is -3.87. The normalized spacial score (nSPS) is 10.8. The van der Waals surface area contributed by atoms with Gasteiger partial charge in [0.2, 0.25) is 11.8 Å². The van der Waals surface area contributed by atoms with Gasteiger partial charge < -0.3 is 10.6 Å². The van der Waals surface area contributed by atoms with Crippen molar-refractivity contribution < 1.29 is 18.0 Å². The number of carbonyl (C=O) groups is 2. The molecular formula is C17H25N3O4S2. The topological polar surface area (TPSA) is 104 Å². The monoisotopic (exact) mass is 399 g/mol. The molecule has 0 bridgehead atoms. The number of thiocarbonyl (C=S) groups is 1. The molecule has 1 rings (SSSR count). The molecule has 0 radical (unpaired) electrons. The lowest BCUT2D eigenvalue weighted by atomic mass is 10.1. The Hall–Kier alpha value is -2.00. The fourth-order valence-electron chi connectivity index (χ4n) is 2.21. The van der Waals surface area contributed by atoms with Crippen LogP contribution in [0.1, 0.15) is 52.4 Å². The van der Waals surface area contributed by atoms with E-state index in [1.54, 1.807) is 0 Å². The number of carbonyl (C=O) groups excluding carboxylic acids is 2. The van der Waals surface area contributed by atoms with Crippen LogP contribution in [-0.4, -0.2) is 25.3 Å². The van der Waals surface area contributed by atoms with Crippen molar-refractivity contribution in [3.63, 3.8) is 0 Å². The van der Waals surface area contributed by atoms with E-state index in [1.165, 1.54) is 30.7 Å². The van der Waals surface area contributed by atoms with Crippen LogP contribution in [0.4, 0.5) is 5.69 Å². The molecule has 1 aromatic carbocycles. The second-order valence-corrected chi connectivity index (χ2v) is 7.94. The van der Waals surface area contributed by atoms with E-state index in [9.17, 15) is 18.0 Å². The summed E-state index contributed by atoms with van der Waals surface area (Å²) in [5.41, 5.74) is 0.528. The fraction of sp³-hybridized carbons (Fsp3) is 0.471. The van der Waals surface area contributed by atoms with E-state index in [-0.39, 0.29) is 15.9 Å². The number of benzene rings is 1. The molecule has 0 unspecified atom stereocenters. The maximum atomic E-state index is 11.9. The SMILES string of the molecule is CCCCCCCC(=O)NC(=S)Nc1ccc(S(=O)(=O)NC(C)=O)cc1. The smallest absolute Gasteiger partial charge is 0.264 e. The third kappa shape index (κ3) is 8.39. The van der Waals surface area contributed by atoms with Crippen LogP contribution in [-0.2, 0) is 19.6 Å². The van der Waals surface area contributed by atoms with Gasteiger partial charge in [-0.15, -0.1) is 0 Å². The number of unbranched alkanes of at least 4 members (excludes halogenated alkanes) is 4. The summed E-state index contributed by atoms with van der Waals surface area (Å²) in [6.45, 7) is 3.26. The van der Waals surface area contributed by atoms with Crippen LogP contribution >= 0.6 is 12.2 Å². The second kappa shape index (κ2) is 10.9. The van der Waals surface area contributed by atoms with E-state index in [4.69, 9.17) is 12.2 Å². The molecule has 144 valence electrons. The predicted octanol–water partition coefficient (Wildman–Crippen LogP) is 2.68. The molecule has 0 saturated carbocycles. The maximum absolute atomic E-state index is 11.9. The van der Waals surface area contributed by atoms with Crippen LogP contribution in [0.5, 0.6) is 0 Å². The van der Waals surface area contributed by atoms with Crippen molar-refractivity contribution in [2.45, 2.75) is 57.3 Å². The third-order valence-corrected chi connectivity index (χ3v) is 5.11. The van der Waals surface area contributed by atoms with Gasteiger partial charge in [-0.05, 0) is 42.9 Å². The summed E-state index contributed by atoms with van der Waals surface area (Å²) >= 11 is 5.08. The lowest BCUT2D eigenvalue weighted by Crippen LogP contribution is -2.33. The van der Waals surface area contributed by atoms with Gasteiger partial charge in [0.25, 0.3) is 10.0 Å². The molecule has 7 nitrogen and oxygen atoms in total. The van der Waals surface area contributed by atoms with Crippen LogP contribution in [0.25, 0.3) is 0 Å². The van der Waals surface area contributed by atoms with E-state index < -0.39 is 15.9 Å². The van der Waals surface area contributed by atoms with Crippen molar-refractivity contribution in [1.29, 1.82) is 0 Å².